The number of carbonyl (C=O) groups excluding carboxylic acids is 1. The minimum Gasteiger partial charge on any atom is -0.480 e. The summed E-state index contributed by atoms with van der Waals surface area (Å²) in [5.74, 6) is -0.996. The van der Waals surface area contributed by atoms with Crippen LogP contribution in [0.15, 0.2) is 28.6 Å². The van der Waals surface area contributed by atoms with Crippen LogP contribution in [0.4, 0.5) is 0 Å². The highest BCUT2D eigenvalue weighted by molar-refractivity contribution is 8.01. The Morgan fingerprint density at radius 3 is 2.96 bits per heavy atom. The van der Waals surface area contributed by atoms with Crippen molar-refractivity contribution in [2.45, 2.75) is 22.9 Å². The van der Waals surface area contributed by atoms with Crippen LogP contribution in [0.5, 0.6) is 0 Å². The Kier molecular flexibility index (Phi) is 4.84. The summed E-state index contributed by atoms with van der Waals surface area (Å²) in [6.07, 6.45) is 0.121. The number of carboxylic acid groups (broad SMARTS) is 1. The number of hydrogen-bond donors (Lipinski definition) is 1. The van der Waals surface area contributed by atoms with E-state index in [1.54, 1.807) is 0 Å². The Morgan fingerprint density at radius 2 is 2.26 bits per heavy atom. The van der Waals surface area contributed by atoms with E-state index >= 15 is 0 Å². The molecule has 8 heteroatoms. The Balaban J connectivity index is 1.65. The number of thiazole rings is 1. The Hall–Kier alpha value is -1.64. The van der Waals surface area contributed by atoms with Crippen molar-refractivity contribution in [2.24, 2.45) is 0 Å². The number of aliphatic carboxylic acids is 1. The van der Waals surface area contributed by atoms with E-state index in [1.807, 2.05) is 24.3 Å². The second kappa shape index (κ2) is 6.86. The first kappa shape index (κ1) is 16.2. The molecule has 0 spiro atoms. The van der Waals surface area contributed by atoms with Gasteiger partial charge in [0, 0.05) is 20.1 Å². The molecule has 3 rings (SSSR count). The fourth-order valence-corrected chi connectivity index (χ4v) is 4.55. The standard InChI is InChI=1S/C15H16N2O4S2/c1-21-9-6-11(14(19)20)17(7-9)13(18)8-22-15-16-10-4-2-3-5-12(10)23-15/h2-5,9,11H,6-8H2,1H3,(H,19,20). The molecule has 1 N–H and O–H groups in total. The van der Waals surface area contributed by atoms with Crippen LogP contribution in [-0.2, 0) is 14.3 Å². The summed E-state index contributed by atoms with van der Waals surface area (Å²) < 4.78 is 7.09. The zero-order valence-corrected chi connectivity index (χ0v) is 14.1. The number of thioether (sulfide) groups is 1. The smallest absolute Gasteiger partial charge is 0.326 e. The van der Waals surface area contributed by atoms with Crippen LogP contribution >= 0.6 is 23.1 Å². The van der Waals surface area contributed by atoms with Crippen LogP contribution in [0.3, 0.4) is 0 Å². The number of rotatable bonds is 5. The third-order valence-electron chi connectivity index (χ3n) is 3.79. The predicted octanol–water partition coefficient (Wildman–Crippen LogP) is 2.09. The topological polar surface area (TPSA) is 79.7 Å². The van der Waals surface area contributed by atoms with Gasteiger partial charge in [-0.05, 0) is 12.1 Å². The third-order valence-corrected chi connectivity index (χ3v) is 5.96. The van der Waals surface area contributed by atoms with Crippen molar-refractivity contribution in [1.29, 1.82) is 0 Å². The van der Waals surface area contributed by atoms with Gasteiger partial charge in [0.1, 0.15) is 6.04 Å². The largest absolute Gasteiger partial charge is 0.480 e. The maximum Gasteiger partial charge on any atom is 0.326 e. The van der Waals surface area contributed by atoms with Crippen molar-refractivity contribution in [3.05, 3.63) is 24.3 Å². The number of methoxy groups -OCH3 is 1. The molecule has 1 aliphatic rings. The van der Waals surface area contributed by atoms with E-state index in [0.29, 0.717) is 13.0 Å². The summed E-state index contributed by atoms with van der Waals surface area (Å²) >= 11 is 2.88. The number of benzene rings is 1. The second-order valence-corrected chi connectivity index (χ2v) is 7.48. The van der Waals surface area contributed by atoms with Gasteiger partial charge >= 0.3 is 5.97 Å². The number of aromatic nitrogens is 1. The highest BCUT2D eigenvalue weighted by atomic mass is 32.2. The number of likely N-dealkylation sites (tertiary alicyclic amines) is 1. The van der Waals surface area contributed by atoms with E-state index in [2.05, 4.69) is 4.98 Å². The summed E-state index contributed by atoms with van der Waals surface area (Å²) in [4.78, 5) is 29.5. The lowest BCUT2D eigenvalue weighted by Gasteiger charge is -2.20. The van der Waals surface area contributed by atoms with Gasteiger partial charge in [-0.15, -0.1) is 11.3 Å². The molecule has 2 atom stereocenters. The monoisotopic (exact) mass is 352 g/mol. The van der Waals surface area contributed by atoms with Crippen LogP contribution < -0.4 is 0 Å². The highest BCUT2D eigenvalue weighted by Gasteiger charge is 2.39. The fraction of sp³-hybridized carbons (Fsp3) is 0.400. The third kappa shape index (κ3) is 3.49. The number of fused-ring (bicyclic) bond motifs is 1. The van der Waals surface area contributed by atoms with Crippen LogP contribution in [-0.4, -0.2) is 58.4 Å². The molecule has 1 amide bonds. The molecular weight excluding hydrogens is 336 g/mol. The molecule has 2 aromatic rings. The number of ether oxygens (including phenoxy) is 1. The van der Waals surface area contributed by atoms with Crippen LogP contribution in [0.1, 0.15) is 6.42 Å². The first-order valence-corrected chi connectivity index (χ1v) is 8.92. The average Bonchev–Trinajstić information content (AvgIpc) is 3.16. The SMILES string of the molecule is COC1CC(C(=O)O)N(C(=O)CSc2nc3ccccc3s2)C1. The minimum atomic E-state index is -0.983. The van der Waals surface area contributed by atoms with Gasteiger partial charge in [0.2, 0.25) is 5.91 Å². The quantitative estimate of drug-likeness (QED) is 0.830. The fourth-order valence-electron chi connectivity index (χ4n) is 2.60. The average molecular weight is 352 g/mol. The van der Waals surface area contributed by atoms with Crippen LogP contribution in [0.2, 0.25) is 0 Å². The van der Waals surface area contributed by atoms with Crippen LogP contribution in [0.25, 0.3) is 10.2 Å². The van der Waals surface area contributed by atoms with Gasteiger partial charge in [0.05, 0.1) is 22.1 Å². The Morgan fingerprint density at radius 1 is 1.48 bits per heavy atom. The number of nitrogens with zero attached hydrogens (tertiary/aromatic N) is 2. The van der Waals surface area contributed by atoms with Crippen molar-refractivity contribution in [3.8, 4) is 0 Å². The van der Waals surface area contributed by atoms with E-state index in [0.717, 1.165) is 14.6 Å². The molecule has 23 heavy (non-hydrogen) atoms. The van der Waals surface area contributed by atoms with Crippen molar-refractivity contribution >= 4 is 45.2 Å². The van der Waals surface area contributed by atoms with Gasteiger partial charge in [-0.1, -0.05) is 23.9 Å². The minimum absolute atomic E-state index is 0.181. The number of carboxylic acids is 1. The Bertz CT molecular complexity index is 700. The summed E-state index contributed by atoms with van der Waals surface area (Å²) in [6, 6.07) is 6.99. The predicted molar refractivity (Wildman–Crippen MR) is 88.9 cm³/mol. The van der Waals surface area contributed by atoms with E-state index in [1.165, 1.54) is 35.1 Å². The van der Waals surface area contributed by atoms with Gasteiger partial charge in [0.15, 0.2) is 4.34 Å². The molecule has 0 saturated carbocycles. The normalized spacial score (nSPS) is 21.0. The zero-order chi connectivity index (χ0) is 16.4. The molecule has 1 aromatic heterocycles. The lowest BCUT2D eigenvalue weighted by atomic mass is 10.2. The van der Waals surface area contributed by atoms with E-state index < -0.39 is 12.0 Å². The van der Waals surface area contributed by atoms with Crippen molar-refractivity contribution < 1.29 is 19.4 Å². The zero-order valence-electron chi connectivity index (χ0n) is 12.5. The molecule has 6 nitrogen and oxygen atoms in total. The molecule has 2 unspecified atom stereocenters. The molecule has 1 aliphatic heterocycles. The van der Waals surface area contributed by atoms with E-state index in [4.69, 9.17) is 4.74 Å². The molecule has 1 aromatic carbocycles. The van der Waals surface area contributed by atoms with Crippen molar-refractivity contribution in [2.75, 3.05) is 19.4 Å². The van der Waals surface area contributed by atoms with Crippen molar-refractivity contribution in [1.82, 2.24) is 9.88 Å². The number of carbonyl (C=O) groups is 2. The summed E-state index contributed by atoms with van der Waals surface area (Å²) in [6.45, 7) is 0.326. The first-order valence-electron chi connectivity index (χ1n) is 7.12. The first-order chi connectivity index (χ1) is 11.1. The highest BCUT2D eigenvalue weighted by Crippen LogP contribution is 2.30. The number of amides is 1. The van der Waals surface area contributed by atoms with Crippen LogP contribution in [0, 0.1) is 0 Å². The second-order valence-electron chi connectivity index (χ2n) is 5.23. The lowest BCUT2D eigenvalue weighted by Crippen LogP contribution is -2.41. The summed E-state index contributed by atoms with van der Waals surface area (Å²) in [7, 11) is 1.54. The summed E-state index contributed by atoms with van der Waals surface area (Å²) in [5, 5.41) is 9.26. The number of hydrogen-bond acceptors (Lipinski definition) is 6. The molecule has 0 aliphatic carbocycles. The van der Waals surface area contributed by atoms with Gasteiger partial charge < -0.3 is 14.7 Å². The Labute approximate surface area is 141 Å². The maximum atomic E-state index is 12.4. The van der Waals surface area contributed by atoms with Gasteiger partial charge in [-0.25, -0.2) is 9.78 Å². The molecule has 122 valence electrons. The van der Waals surface area contributed by atoms with E-state index in [-0.39, 0.29) is 17.8 Å². The molecule has 0 bridgehead atoms. The van der Waals surface area contributed by atoms with Gasteiger partial charge in [-0.2, -0.15) is 0 Å². The molecule has 1 fully saturated rings. The number of para-hydroxylation sites is 1. The lowest BCUT2D eigenvalue weighted by molar-refractivity contribution is -0.147. The molecule has 2 heterocycles. The summed E-state index contributed by atoms with van der Waals surface area (Å²) in [5.41, 5.74) is 0.913. The molecule has 1 saturated heterocycles. The maximum absolute atomic E-state index is 12.4. The van der Waals surface area contributed by atoms with Crippen molar-refractivity contribution in [3.63, 3.8) is 0 Å². The van der Waals surface area contributed by atoms with Gasteiger partial charge in [-0.3, -0.25) is 4.79 Å². The van der Waals surface area contributed by atoms with Gasteiger partial charge in [0.25, 0.3) is 0 Å². The van der Waals surface area contributed by atoms with E-state index in [9.17, 15) is 14.7 Å². The molecule has 0 radical (unpaired) electrons. The molecular formula is C15H16N2O4S2.